The molecule has 0 atom stereocenters. The van der Waals surface area contributed by atoms with Crippen LogP contribution in [0.3, 0.4) is 0 Å². The first-order valence-corrected chi connectivity index (χ1v) is 9.90. The lowest BCUT2D eigenvalue weighted by Gasteiger charge is -2.30. The maximum atomic E-state index is 12.6. The second-order valence-electron chi connectivity index (χ2n) is 7.25. The summed E-state index contributed by atoms with van der Waals surface area (Å²) in [7, 11) is 3.18. The monoisotopic (exact) mass is 396 g/mol. The summed E-state index contributed by atoms with van der Waals surface area (Å²) in [6.45, 7) is 2.29. The number of methoxy groups -OCH3 is 2. The summed E-state index contributed by atoms with van der Waals surface area (Å²) in [6, 6.07) is 15.0. The number of nitrogens with zero attached hydrogens (tertiary/aromatic N) is 1. The lowest BCUT2D eigenvalue weighted by Crippen LogP contribution is -2.42. The van der Waals surface area contributed by atoms with Gasteiger partial charge in [0.05, 0.1) is 20.8 Å². The first kappa shape index (κ1) is 20.9. The van der Waals surface area contributed by atoms with E-state index in [9.17, 15) is 9.59 Å². The summed E-state index contributed by atoms with van der Waals surface area (Å²) >= 11 is 0. The van der Waals surface area contributed by atoms with Gasteiger partial charge in [-0.1, -0.05) is 36.4 Å². The van der Waals surface area contributed by atoms with Crippen molar-refractivity contribution in [2.75, 3.05) is 33.9 Å². The number of Topliss-reactive ketones (excluding diaryl/α,β-unsaturated/α-hetero) is 1. The van der Waals surface area contributed by atoms with Gasteiger partial charge in [0.25, 0.3) is 0 Å². The molecule has 6 nitrogen and oxygen atoms in total. The van der Waals surface area contributed by atoms with Crippen LogP contribution in [0.25, 0.3) is 0 Å². The summed E-state index contributed by atoms with van der Waals surface area (Å²) in [6.07, 6.45) is 1.58. The number of likely N-dealkylation sites (tertiary alicyclic amines) is 1. The Balaban J connectivity index is 1.43. The number of carbonyl (C=O) groups excluding carboxylic acids is 2. The maximum absolute atomic E-state index is 12.6. The Morgan fingerprint density at radius 2 is 1.69 bits per heavy atom. The third-order valence-corrected chi connectivity index (χ3v) is 5.32. The van der Waals surface area contributed by atoms with Gasteiger partial charge in [-0.3, -0.25) is 14.5 Å². The minimum absolute atomic E-state index is 0.0207. The number of carbonyl (C=O) groups is 2. The molecule has 0 aliphatic carbocycles. The van der Waals surface area contributed by atoms with Crippen molar-refractivity contribution in [3.05, 3.63) is 59.7 Å². The van der Waals surface area contributed by atoms with E-state index in [-0.39, 0.29) is 17.6 Å². The fourth-order valence-electron chi connectivity index (χ4n) is 3.64. The van der Waals surface area contributed by atoms with Gasteiger partial charge in [-0.25, -0.2) is 0 Å². The number of nitrogens with one attached hydrogen (secondary N) is 1. The molecule has 1 heterocycles. The minimum Gasteiger partial charge on any atom is -0.493 e. The number of rotatable bonds is 8. The van der Waals surface area contributed by atoms with Crippen LogP contribution in [0.5, 0.6) is 11.5 Å². The molecule has 0 saturated carbocycles. The highest BCUT2D eigenvalue weighted by Gasteiger charge is 2.26. The van der Waals surface area contributed by atoms with E-state index < -0.39 is 0 Å². The van der Waals surface area contributed by atoms with Crippen LogP contribution >= 0.6 is 0 Å². The van der Waals surface area contributed by atoms with Crippen LogP contribution in [0, 0.1) is 5.92 Å². The summed E-state index contributed by atoms with van der Waals surface area (Å²) in [4.78, 5) is 27.0. The van der Waals surface area contributed by atoms with Crippen LogP contribution in [0.2, 0.25) is 0 Å². The number of hydrogen-bond acceptors (Lipinski definition) is 5. The fourth-order valence-corrected chi connectivity index (χ4v) is 3.64. The van der Waals surface area contributed by atoms with Gasteiger partial charge in [-0.2, -0.15) is 0 Å². The quantitative estimate of drug-likeness (QED) is 0.695. The molecular formula is C23H28N2O4. The van der Waals surface area contributed by atoms with Gasteiger partial charge < -0.3 is 14.8 Å². The second kappa shape index (κ2) is 10.1. The number of hydrogen-bond donors (Lipinski definition) is 1. The van der Waals surface area contributed by atoms with Gasteiger partial charge in [-0.15, -0.1) is 0 Å². The van der Waals surface area contributed by atoms with E-state index >= 15 is 0 Å². The molecule has 0 bridgehead atoms. The van der Waals surface area contributed by atoms with Crippen molar-refractivity contribution in [1.82, 2.24) is 10.2 Å². The van der Waals surface area contributed by atoms with Gasteiger partial charge in [0.1, 0.15) is 0 Å². The topological polar surface area (TPSA) is 67.9 Å². The number of piperidine rings is 1. The van der Waals surface area contributed by atoms with Crippen molar-refractivity contribution in [1.29, 1.82) is 0 Å². The highest BCUT2D eigenvalue weighted by Crippen LogP contribution is 2.27. The third-order valence-electron chi connectivity index (χ3n) is 5.32. The van der Waals surface area contributed by atoms with Gasteiger partial charge in [0.2, 0.25) is 5.91 Å². The van der Waals surface area contributed by atoms with Crippen molar-refractivity contribution in [3.8, 4) is 11.5 Å². The highest BCUT2D eigenvalue weighted by atomic mass is 16.5. The average Bonchev–Trinajstić information content (AvgIpc) is 2.78. The molecule has 1 fully saturated rings. The smallest absolute Gasteiger partial charge is 0.234 e. The summed E-state index contributed by atoms with van der Waals surface area (Å²) < 4.78 is 10.5. The SMILES string of the molecule is COc1ccc(CNC(=O)CN2CCC(C(=O)c3ccccc3)CC2)cc1OC. The Bertz CT molecular complexity index is 830. The van der Waals surface area contributed by atoms with Gasteiger partial charge in [-0.05, 0) is 43.6 Å². The number of ketones is 1. The molecular weight excluding hydrogens is 368 g/mol. The zero-order valence-corrected chi connectivity index (χ0v) is 17.0. The van der Waals surface area contributed by atoms with Crippen molar-refractivity contribution in [3.63, 3.8) is 0 Å². The fraction of sp³-hybridized carbons (Fsp3) is 0.391. The van der Waals surface area contributed by atoms with Crippen LogP contribution in [0.15, 0.2) is 48.5 Å². The van der Waals surface area contributed by atoms with Crippen LogP contribution < -0.4 is 14.8 Å². The van der Waals surface area contributed by atoms with Crippen LogP contribution in [-0.4, -0.2) is 50.4 Å². The number of benzene rings is 2. The lowest BCUT2D eigenvalue weighted by molar-refractivity contribution is -0.122. The molecule has 0 unspecified atom stereocenters. The molecule has 0 aromatic heterocycles. The van der Waals surface area contributed by atoms with E-state index in [0.29, 0.717) is 24.6 Å². The Labute approximate surface area is 171 Å². The van der Waals surface area contributed by atoms with Gasteiger partial charge >= 0.3 is 0 Å². The number of ether oxygens (including phenoxy) is 2. The molecule has 154 valence electrons. The highest BCUT2D eigenvalue weighted by molar-refractivity contribution is 5.97. The second-order valence-corrected chi connectivity index (χ2v) is 7.25. The summed E-state index contributed by atoms with van der Waals surface area (Å²) in [5.74, 6) is 1.54. The van der Waals surface area contributed by atoms with Crippen LogP contribution in [0.1, 0.15) is 28.8 Å². The van der Waals surface area contributed by atoms with E-state index in [2.05, 4.69) is 10.2 Å². The predicted octanol–water partition coefficient (Wildman–Crippen LogP) is 2.91. The summed E-state index contributed by atoms with van der Waals surface area (Å²) in [5.41, 5.74) is 1.72. The molecule has 2 aromatic rings. The van der Waals surface area contributed by atoms with E-state index in [1.165, 1.54) is 0 Å². The first-order chi connectivity index (χ1) is 14.1. The van der Waals surface area contributed by atoms with Crippen molar-refractivity contribution in [2.45, 2.75) is 19.4 Å². The molecule has 1 N–H and O–H groups in total. The molecule has 0 spiro atoms. The van der Waals surface area contributed by atoms with Crippen molar-refractivity contribution in [2.24, 2.45) is 5.92 Å². The first-order valence-electron chi connectivity index (χ1n) is 9.90. The third kappa shape index (κ3) is 5.57. The molecule has 0 radical (unpaired) electrons. The van der Waals surface area contributed by atoms with Crippen molar-refractivity contribution < 1.29 is 19.1 Å². The molecule has 1 saturated heterocycles. The van der Waals surface area contributed by atoms with Crippen molar-refractivity contribution >= 4 is 11.7 Å². The normalized spacial score (nSPS) is 15.0. The number of amides is 1. The Morgan fingerprint density at radius 1 is 1.00 bits per heavy atom. The van der Waals surface area contributed by atoms with Gasteiger partial charge in [0.15, 0.2) is 17.3 Å². The maximum Gasteiger partial charge on any atom is 0.234 e. The Hall–Kier alpha value is -2.86. The zero-order chi connectivity index (χ0) is 20.6. The molecule has 1 amide bonds. The van der Waals surface area contributed by atoms with Crippen LogP contribution in [-0.2, 0) is 11.3 Å². The molecule has 2 aromatic carbocycles. The Morgan fingerprint density at radius 3 is 2.34 bits per heavy atom. The largest absolute Gasteiger partial charge is 0.493 e. The predicted molar refractivity (Wildman–Crippen MR) is 111 cm³/mol. The minimum atomic E-state index is -0.0207. The van der Waals surface area contributed by atoms with E-state index in [1.54, 1.807) is 14.2 Å². The molecule has 1 aliphatic heterocycles. The van der Waals surface area contributed by atoms with E-state index in [1.807, 2.05) is 48.5 Å². The van der Waals surface area contributed by atoms with Gasteiger partial charge in [0, 0.05) is 18.0 Å². The van der Waals surface area contributed by atoms with Crippen LogP contribution in [0.4, 0.5) is 0 Å². The standard InChI is InChI=1S/C23H28N2O4/c1-28-20-9-8-17(14-21(20)29-2)15-24-22(26)16-25-12-10-19(11-13-25)23(27)18-6-4-3-5-7-18/h3-9,14,19H,10-13,15-16H2,1-2H3,(H,24,26). The lowest BCUT2D eigenvalue weighted by atomic mass is 9.89. The molecule has 29 heavy (non-hydrogen) atoms. The Kier molecular flexibility index (Phi) is 7.25. The molecule has 1 aliphatic rings. The zero-order valence-electron chi connectivity index (χ0n) is 17.0. The molecule has 6 heteroatoms. The molecule has 3 rings (SSSR count). The summed E-state index contributed by atoms with van der Waals surface area (Å²) in [5, 5.41) is 2.95. The van der Waals surface area contributed by atoms with E-state index in [4.69, 9.17) is 9.47 Å². The van der Waals surface area contributed by atoms with E-state index in [0.717, 1.165) is 37.1 Å². The average molecular weight is 396 g/mol.